The van der Waals surface area contributed by atoms with Crippen molar-refractivity contribution in [3.05, 3.63) is 0 Å². The van der Waals surface area contributed by atoms with E-state index in [2.05, 4.69) is 0 Å². The molecule has 76 valence electrons. The van der Waals surface area contributed by atoms with Gasteiger partial charge in [-0.05, 0) is 13.3 Å². The van der Waals surface area contributed by atoms with Gasteiger partial charge in [-0.2, -0.15) is 0 Å². The number of ketones is 1. The van der Waals surface area contributed by atoms with Crippen molar-refractivity contribution in [1.82, 2.24) is 0 Å². The Hall–Kier alpha value is -0.570. The molecule has 0 aliphatic carbocycles. The molecule has 0 fully saturated rings. The summed E-state index contributed by atoms with van der Waals surface area (Å²) in [5, 5.41) is 0. The van der Waals surface area contributed by atoms with E-state index in [0.717, 1.165) is 0 Å². The van der Waals surface area contributed by atoms with Gasteiger partial charge in [-0.3, -0.25) is 9.59 Å². The van der Waals surface area contributed by atoms with Gasteiger partial charge in [0.15, 0.2) is 0 Å². The van der Waals surface area contributed by atoms with Crippen LogP contribution in [0.15, 0.2) is 0 Å². The summed E-state index contributed by atoms with van der Waals surface area (Å²) in [6.07, 6.45) is 0.716. The molecule has 0 saturated heterocycles. The third kappa shape index (κ3) is 4.27. The largest absolute Gasteiger partial charge is 0.465 e. The monoisotopic (exact) mass is 206 g/mol. The van der Waals surface area contributed by atoms with Crippen molar-refractivity contribution in [1.29, 1.82) is 0 Å². The minimum atomic E-state index is -0.626. The fourth-order valence-corrected chi connectivity index (χ4v) is 1.22. The lowest BCUT2D eigenvalue weighted by Crippen LogP contribution is -2.25. The van der Waals surface area contributed by atoms with Gasteiger partial charge in [0.25, 0.3) is 0 Å². The lowest BCUT2D eigenvalue weighted by molar-refractivity contribution is -0.151. The van der Waals surface area contributed by atoms with Crippen LogP contribution in [0.3, 0.4) is 0 Å². The molecule has 0 aromatic carbocycles. The summed E-state index contributed by atoms with van der Waals surface area (Å²) in [6.45, 7) is 3.81. The van der Waals surface area contributed by atoms with Crippen molar-refractivity contribution >= 4 is 23.4 Å². The van der Waals surface area contributed by atoms with E-state index in [0.29, 0.717) is 13.0 Å². The predicted octanol–water partition coefficient (Wildman–Crippen LogP) is 1.77. The normalized spacial score (nSPS) is 12.2. The molecular weight excluding hydrogens is 192 g/mol. The Morgan fingerprint density at radius 2 is 2.00 bits per heavy atom. The highest BCUT2D eigenvalue weighted by Crippen LogP contribution is 2.09. The van der Waals surface area contributed by atoms with Gasteiger partial charge in [0, 0.05) is 12.3 Å². The Bertz CT molecular complexity index is 162. The molecule has 1 atom stereocenters. The maximum absolute atomic E-state index is 11.3. The number of alkyl halides is 1. The van der Waals surface area contributed by atoms with Gasteiger partial charge in [0.1, 0.15) is 11.7 Å². The van der Waals surface area contributed by atoms with E-state index in [9.17, 15) is 9.59 Å². The van der Waals surface area contributed by atoms with E-state index >= 15 is 0 Å². The van der Waals surface area contributed by atoms with E-state index in [1.54, 1.807) is 13.8 Å². The average Bonchev–Trinajstić information content (AvgIpc) is 2.06. The van der Waals surface area contributed by atoms with Crippen LogP contribution >= 0.6 is 11.6 Å². The quantitative estimate of drug-likeness (QED) is 0.378. The zero-order valence-electron chi connectivity index (χ0n) is 8.01. The molecule has 0 spiro atoms. The number of carbonyl (C=O) groups is 2. The van der Waals surface area contributed by atoms with Crippen LogP contribution in [0.5, 0.6) is 0 Å². The first-order chi connectivity index (χ1) is 6.17. The summed E-state index contributed by atoms with van der Waals surface area (Å²) in [5.41, 5.74) is 0. The summed E-state index contributed by atoms with van der Waals surface area (Å²) < 4.78 is 4.76. The second kappa shape index (κ2) is 6.89. The molecule has 13 heavy (non-hydrogen) atoms. The maximum atomic E-state index is 11.3. The third-order valence-electron chi connectivity index (χ3n) is 1.71. The molecule has 0 heterocycles. The highest BCUT2D eigenvalue weighted by atomic mass is 35.5. The smallest absolute Gasteiger partial charge is 0.316 e. The zero-order valence-corrected chi connectivity index (χ0v) is 8.76. The zero-order chi connectivity index (χ0) is 10.3. The van der Waals surface area contributed by atoms with Gasteiger partial charge in [-0.25, -0.2) is 0 Å². The molecule has 0 radical (unpaired) electrons. The van der Waals surface area contributed by atoms with Gasteiger partial charge in [0.2, 0.25) is 0 Å². The van der Waals surface area contributed by atoms with Crippen LogP contribution in [-0.2, 0) is 14.3 Å². The Kier molecular flexibility index (Phi) is 6.59. The van der Waals surface area contributed by atoms with Crippen molar-refractivity contribution < 1.29 is 14.3 Å². The molecule has 0 amide bonds. The van der Waals surface area contributed by atoms with Crippen molar-refractivity contribution in [3.8, 4) is 0 Å². The number of esters is 1. The fourth-order valence-electron chi connectivity index (χ4n) is 1.04. The topological polar surface area (TPSA) is 43.4 Å². The van der Waals surface area contributed by atoms with Crippen LogP contribution in [0, 0.1) is 5.92 Å². The molecule has 3 nitrogen and oxygen atoms in total. The van der Waals surface area contributed by atoms with Crippen molar-refractivity contribution in [2.24, 2.45) is 5.92 Å². The first kappa shape index (κ1) is 12.4. The molecule has 0 rings (SSSR count). The highest BCUT2D eigenvalue weighted by molar-refractivity contribution is 6.19. The average molecular weight is 207 g/mol. The molecule has 0 aliphatic heterocycles. The van der Waals surface area contributed by atoms with Gasteiger partial charge in [0.05, 0.1) is 6.61 Å². The summed E-state index contributed by atoms with van der Waals surface area (Å²) in [5.74, 6) is -0.927. The minimum Gasteiger partial charge on any atom is -0.465 e. The SMILES string of the molecule is CCOC(=O)C(CC)C(=O)CCCl. The van der Waals surface area contributed by atoms with Crippen molar-refractivity contribution in [2.45, 2.75) is 26.7 Å². The van der Waals surface area contributed by atoms with E-state index in [1.165, 1.54) is 0 Å². The van der Waals surface area contributed by atoms with E-state index < -0.39 is 11.9 Å². The van der Waals surface area contributed by atoms with Crippen LogP contribution in [0.1, 0.15) is 26.7 Å². The summed E-state index contributed by atoms with van der Waals surface area (Å²) in [7, 11) is 0. The Morgan fingerprint density at radius 3 is 2.38 bits per heavy atom. The van der Waals surface area contributed by atoms with Gasteiger partial charge in [-0.15, -0.1) is 11.6 Å². The van der Waals surface area contributed by atoms with E-state index in [1.807, 2.05) is 0 Å². The summed E-state index contributed by atoms with van der Waals surface area (Å²) in [6, 6.07) is 0. The molecule has 1 unspecified atom stereocenters. The lowest BCUT2D eigenvalue weighted by atomic mass is 10.00. The molecule has 4 heteroatoms. The summed E-state index contributed by atoms with van der Waals surface area (Å²) >= 11 is 5.41. The third-order valence-corrected chi connectivity index (χ3v) is 1.90. The van der Waals surface area contributed by atoms with Gasteiger partial charge >= 0.3 is 5.97 Å². The summed E-state index contributed by atoms with van der Waals surface area (Å²) in [4.78, 5) is 22.5. The molecule has 0 aromatic heterocycles. The molecule has 0 N–H and O–H groups in total. The molecule has 0 aromatic rings. The standard InChI is InChI=1S/C9H15ClO3/c1-3-7(8(11)5-6-10)9(12)13-4-2/h7H,3-6H2,1-2H3. The number of hydrogen-bond donors (Lipinski definition) is 0. The lowest BCUT2D eigenvalue weighted by Gasteiger charge is -2.10. The Balaban J connectivity index is 4.15. The van der Waals surface area contributed by atoms with Crippen LogP contribution in [0.25, 0.3) is 0 Å². The van der Waals surface area contributed by atoms with Crippen LogP contribution in [-0.4, -0.2) is 24.2 Å². The van der Waals surface area contributed by atoms with Gasteiger partial charge < -0.3 is 4.74 Å². The van der Waals surface area contributed by atoms with Crippen LogP contribution in [0.4, 0.5) is 0 Å². The highest BCUT2D eigenvalue weighted by Gasteiger charge is 2.24. The first-order valence-corrected chi connectivity index (χ1v) is 4.96. The first-order valence-electron chi connectivity index (χ1n) is 4.42. The van der Waals surface area contributed by atoms with Crippen LogP contribution in [0.2, 0.25) is 0 Å². The second-order valence-corrected chi connectivity index (χ2v) is 3.00. The molecule has 0 saturated carbocycles. The second-order valence-electron chi connectivity index (χ2n) is 2.62. The van der Waals surface area contributed by atoms with E-state index in [4.69, 9.17) is 16.3 Å². The molecule has 0 bridgehead atoms. The number of ether oxygens (including phenoxy) is 1. The van der Waals surface area contributed by atoms with Crippen LogP contribution < -0.4 is 0 Å². The van der Waals surface area contributed by atoms with Crippen molar-refractivity contribution in [3.63, 3.8) is 0 Å². The van der Waals surface area contributed by atoms with E-state index in [-0.39, 0.29) is 18.1 Å². The predicted molar refractivity (Wildman–Crippen MR) is 50.8 cm³/mol. The van der Waals surface area contributed by atoms with Crippen molar-refractivity contribution in [2.75, 3.05) is 12.5 Å². The Labute approximate surface area is 83.4 Å². The maximum Gasteiger partial charge on any atom is 0.316 e. The fraction of sp³-hybridized carbons (Fsp3) is 0.778. The number of carbonyl (C=O) groups excluding carboxylic acids is 2. The number of halogens is 1. The molecule has 0 aliphatic rings. The molecular formula is C9H15ClO3. The van der Waals surface area contributed by atoms with Gasteiger partial charge in [-0.1, -0.05) is 6.92 Å². The minimum absolute atomic E-state index is 0.129. The number of rotatable bonds is 6. The Morgan fingerprint density at radius 1 is 1.38 bits per heavy atom. The number of hydrogen-bond acceptors (Lipinski definition) is 3. The number of Topliss-reactive ketones (excluding diaryl/α,β-unsaturated/α-hetero) is 1.